The minimum atomic E-state index is 0.315. The average Bonchev–Trinajstić information content (AvgIpc) is 3.31. The van der Waals surface area contributed by atoms with E-state index in [9.17, 15) is 0 Å². The number of hydrogen-bond donors (Lipinski definition) is 2. The standard InChI is InChI=1S/C26H32N10/c1-34-13-15-35(16-14-34)20-7-9-21(10-8-20)36-25-22(24(27)30-17-31-25)23(33-36)18-3-5-19(6-4-18)32-26-28-11-2-12-29-26/h2-6,11-12,17,20-21H,7-10,13-16H2,1H3,(H2,27,30,31)(H,28,29,32). The Morgan fingerprint density at radius 1 is 0.861 bits per heavy atom. The van der Waals surface area contributed by atoms with Crippen LogP contribution in [0.1, 0.15) is 31.7 Å². The molecule has 4 aromatic rings. The molecule has 0 amide bonds. The summed E-state index contributed by atoms with van der Waals surface area (Å²) in [7, 11) is 2.21. The van der Waals surface area contributed by atoms with Crippen LogP contribution in [-0.4, -0.2) is 78.8 Å². The van der Waals surface area contributed by atoms with Gasteiger partial charge in [-0.3, -0.25) is 4.90 Å². The molecule has 0 unspecified atom stereocenters. The van der Waals surface area contributed by atoms with Crippen LogP contribution >= 0.6 is 0 Å². The maximum absolute atomic E-state index is 6.36. The van der Waals surface area contributed by atoms with Crippen LogP contribution in [0.15, 0.2) is 49.1 Å². The number of piperazine rings is 1. The lowest BCUT2D eigenvalue weighted by Crippen LogP contribution is -2.49. The Hall–Kier alpha value is -3.63. The Morgan fingerprint density at radius 2 is 1.56 bits per heavy atom. The van der Waals surface area contributed by atoms with Crippen molar-refractivity contribution in [1.82, 2.24) is 39.5 Å². The van der Waals surface area contributed by atoms with E-state index in [2.05, 4.69) is 46.8 Å². The highest BCUT2D eigenvalue weighted by molar-refractivity contribution is 5.98. The molecule has 0 radical (unpaired) electrons. The molecule has 36 heavy (non-hydrogen) atoms. The molecule has 1 saturated carbocycles. The van der Waals surface area contributed by atoms with Crippen LogP contribution in [0.2, 0.25) is 0 Å². The fourth-order valence-corrected chi connectivity index (χ4v) is 5.51. The Labute approximate surface area is 210 Å². The molecule has 2 aliphatic rings. The number of aromatic nitrogens is 6. The third kappa shape index (κ3) is 4.49. The molecule has 1 aliphatic heterocycles. The first-order valence-electron chi connectivity index (χ1n) is 12.7. The minimum absolute atomic E-state index is 0.315. The molecular formula is C26H32N10. The van der Waals surface area contributed by atoms with Gasteiger partial charge in [-0.05, 0) is 50.9 Å². The second-order valence-electron chi connectivity index (χ2n) is 9.83. The number of nitrogens with zero attached hydrogens (tertiary/aromatic N) is 8. The maximum atomic E-state index is 6.36. The molecule has 10 heteroatoms. The molecule has 0 spiro atoms. The van der Waals surface area contributed by atoms with Crippen molar-refractivity contribution in [3.63, 3.8) is 0 Å². The highest BCUT2D eigenvalue weighted by atomic mass is 15.3. The van der Waals surface area contributed by atoms with Gasteiger partial charge in [0.25, 0.3) is 0 Å². The van der Waals surface area contributed by atoms with Gasteiger partial charge in [0.1, 0.15) is 17.8 Å². The molecule has 3 N–H and O–H groups in total. The second-order valence-corrected chi connectivity index (χ2v) is 9.83. The largest absolute Gasteiger partial charge is 0.383 e. The first kappa shape index (κ1) is 22.8. The number of benzene rings is 1. The predicted octanol–water partition coefficient (Wildman–Crippen LogP) is 3.34. The van der Waals surface area contributed by atoms with Crippen molar-refractivity contribution < 1.29 is 0 Å². The molecule has 186 valence electrons. The lowest BCUT2D eigenvalue weighted by molar-refractivity contribution is 0.0815. The summed E-state index contributed by atoms with van der Waals surface area (Å²) in [5.74, 6) is 1.03. The van der Waals surface area contributed by atoms with Gasteiger partial charge < -0.3 is 16.0 Å². The van der Waals surface area contributed by atoms with Crippen molar-refractivity contribution in [3.8, 4) is 11.3 Å². The molecule has 0 atom stereocenters. The maximum Gasteiger partial charge on any atom is 0.227 e. The van der Waals surface area contributed by atoms with E-state index in [1.165, 1.54) is 25.9 Å². The molecule has 10 nitrogen and oxygen atoms in total. The van der Waals surface area contributed by atoms with Crippen LogP contribution in [0.5, 0.6) is 0 Å². The number of rotatable bonds is 5. The highest BCUT2D eigenvalue weighted by Gasteiger charge is 2.30. The van der Waals surface area contributed by atoms with Gasteiger partial charge in [-0.2, -0.15) is 5.10 Å². The van der Waals surface area contributed by atoms with Crippen LogP contribution in [0.4, 0.5) is 17.5 Å². The fraction of sp³-hybridized carbons (Fsp3) is 0.423. The number of fused-ring (bicyclic) bond motifs is 1. The van der Waals surface area contributed by atoms with Crippen molar-refractivity contribution in [2.75, 3.05) is 44.3 Å². The van der Waals surface area contributed by atoms with E-state index in [0.717, 1.165) is 53.9 Å². The summed E-state index contributed by atoms with van der Waals surface area (Å²) in [6, 6.07) is 10.8. The van der Waals surface area contributed by atoms with Gasteiger partial charge in [-0.15, -0.1) is 0 Å². The van der Waals surface area contributed by atoms with Crippen LogP contribution in [0.3, 0.4) is 0 Å². The van der Waals surface area contributed by atoms with E-state index >= 15 is 0 Å². The first-order chi connectivity index (χ1) is 17.7. The zero-order chi connectivity index (χ0) is 24.5. The van der Waals surface area contributed by atoms with E-state index in [1.54, 1.807) is 24.8 Å². The van der Waals surface area contributed by atoms with Crippen molar-refractivity contribution in [1.29, 1.82) is 0 Å². The summed E-state index contributed by atoms with van der Waals surface area (Å²) in [6.45, 7) is 4.67. The molecule has 4 heterocycles. The van der Waals surface area contributed by atoms with E-state index < -0.39 is 0 Å². The van der Waals surface area contributed by atoms with E-state index in [4.69, 9.17) is 10.8 Å². The topological polar surface area (TPSA) is 114 Å². The lowest BCUT2D eigenvalue weighted by Gasteiger charge is -2.41. The molecule has 1 saturated heterocycles. The average molecular weight is 485 g/mol. The van der Waals surface area contributed by atoms with Crippen molar-refractivity contribution in [2.24, 2.45) is 0 Å². The van der Waals surface area contributed by atoms with Crippen molar-refractivity contribution in [3.05, 3.63) is 49.1 Å². The summed E-state index contributed by atoms with van der Waals surface area (Å²) in [4.78, 5) is 22.4. The molecule has 1 aromatic carbocycles. The van der Waals surface area contributed by atoms with E-state index in [0.29, 0.717) is 23.8 Å². The zero-order valence-corrected chi connectivity index (χ0v) is 20.6. The molecule has 0 bridgehead atoms. The molecule has 2 fully saturated rings. The predicted molar refractivity (Wildman–Crippen MR) is 141 cm³/mol. The summed E-state index contributed by atoms with van der Waals surface area (Å²) in [6.07, 6.45) is 9.53. The van der Waals surface area contributed by atoms with Crippen LogP contribution in [0.25, 0.3) is 22.3 Å². The third-order valence-corrected chi connectivity index (χ3v) is 7.56. The number of nitrogens with two attached hydrogens (primary N) is 1. The smallest absolute Gasteiger partial charge is 0.227 e. The van der Waals surface area contributed by atoms with Crippen molar-refractivity contribution >= 4 is 28.5 Å². The number of nitrogen functional groups attached to an aromatic ring is 1. The molecular weight excluding hydrogens is 452 g/mol. The van der Waals surface area contributed by atoms with Gasteiger partial charge in [-0.1, -0.05) is 12.1 Å². The third-order valence-electron chi connectivity index (χ3n) is 7.56. The molecule has 3 aromatic heterocycles. The van der Waals surface area contributed by atoms with Gasteiger partial charge in [0.2, 0.25) is 5.95 Å². The summed E-state index contributed by atoms with van der Waals surface area (Å²) < 4.78 is 2.10. The van der Waals surface area contributed by atoms with Crippen LogP contribution < -0.4 is 11.1 Å². The number of hydrogen-bond acceptors (Lipinski definition) is 9. The number of likely N-dealkylation sites (N-methyl/N-ethyl adjacent to an activating group) is 1. The first-order valence-corrected chi connectivity index (χ1v) is 12.7. The summed E-state index contributed by atoms with van der Waals surface area (Å²) in [5, 5.41) is 9.12. The Kier molecular flexibility index (Phi) is 6.20. The number of nitrogens with one attached hydrogen (secondary N) is 1. The second kappa shape index (κ2) is 9.79. The van der Waals surface area contributed by atoms with Gasteiger partial charge in [0.15, 0.2) is 5.65 Å². The van der Waals surface area contributed by atoms with Gasteiger partial charge in [0, 0.05) is 55.9 Å². The highest BCUT2D eigenvalue weighted by Crippen LogP contribution is 2.37. The fourth-order valence-electron chi connectivity index (χ4n) is 5.51. The monoisotopic (exact) mass is 484 g/mol. The molecule has 6 rings (SSSR count). The van der Waals surface area contributed by atoms with E-state index in [1.807, 2.05) is 24.3 Å². The van der Waals surface area contributed by atoms with Gasteiger partial charge >= 0.3 is 0 Å². The van der Waals surface area contributed by atoms with Gasteiger partial charge in [-0.25, -0.2) is 24.6 Å². The molecule has 1 aliphatic carbocycles. The summed E-state index contributed by atoms with van der Waals surface area (Å²) >= 11 is 0. The van der Waals surface area contributed by atoms with E-state index in [-0.39, 0.29) is 0 Å². The Balaban J connectivity index is 1.24. The van der Waals surface area contributed by atoms with Gasteiger partial charge in [0.05, 0.1) is 11.4 Å². The number of anilines is 3. The minimum Gasteiger partial charge on any atom is -0.383 e. The normalized spacial score (nSPS) is 21.6. The quantitative estimate of drug-likeness (QED) is 0.440. The SMILES string of the molecule is CN1CCN(C2CCC(n3nc(-c4ccc(Nc5ncccn5)cc4)c4c(N)ncnc43)CC2)CC1. The lowest BCUT2D eigenvalue weighted by atomic mass is 9.90. The Morgan fingerprint density at radius 3 is 2.28 bits per heavy atom. The summed E-state index contributed by atoms with van der Waals surface area (Å²) in [5.41, 5.74) is 9.88. The van der Waals surface area contributed by atoms with Crippen molar-refractivity contribution in [2.45, 2.75) is 37.8 Å². The van der Waals surface area contributed by atoms with Crippen LogP contribution in [0, 0.1) is 0 Å². The van der Waals surface area contributed by atoms with Crippen LogP contribution in [-0.2, 0) is 0 Å². The Bertz CT molecular complexity index is 1300. The zero-order valence-electron chi connectivity index (χ0n) is 20.6.